The standard InChI is InChI=1S/C18H24N4O3S2/c1-3-14-6-5-7-15(12-14)19-17(23)16-13-21(4-2)20-18(16)27(24,25)22-8-10-26-11-9-22/h5-7,12-13H,3-4,8-11H2,1-2H3,(H,19,23). The van der Waals surface area contributed by atoms with Crippen LogP contribution < -0.4 is 5.32 Å². The predicted octanol–water partition coefficient (Wildman–Crippen LogP) is 2.46. The second-order valence-corrected chi connectivity index (χ2v) is 9.31. The van der Waals surface area contributed by atoms with Crippen LogP contribution in [-0.2, 0) is 23.0 Å². The number of thioether (sulfide) groups is 1. The fraction of sp³-hybridized carbons (Fsp3) is 0.444. The van der Waals surface area contributed by atoms with E-state index in [1.54, 1.807) is 17.8 Å². The number of benzene rings is 1. The maximum Gasteiger partial charge on any atom is 0.263 e. The van der Waals surface area contributed by atoms with E-state index in [4.69, 9.17) is 0 Å². The molecule has 1 N–H and O–H groups in total. The van der Waals surface area contributed by atoms with Gasteiger partial charge in [0.15, 0.2) is 0 Å². The Labute approximate surface area is 164 Å². The van der Waals surface area contributed by atoms with Gasteiger partial charge < -0.3 is 5.32 Å². The number of anilines is 1. The zero-order valence-corrected chi connectivity index (χ0v) is 17.1. The minimum absolute atomic E-state index is 0.0805. The number of nitrogens with one attached hydrogen (secondary N) is 1. The average molecular weight is 409 g/mol. The van der Waals surface area contributed by atoms with Crippen molar-refractivity contribution in [1.82, 2.24) is 14.1 Å². The Hall–Kier alpha value is -1.84. The Morgan fingerprint density at radius 2 is 2.00 bits per heavy atom. The Bertz CT molecular complexity index is 918. The van der Waals surface area contributed by atoms with Gasteiger partial charge in [0.1, 0.15) is 0 Å². The molecule has 1 amide bonds. The molecule has 0 saturated carbocycles. The normalized spacial score (nSPS) is 15.6. The van der Waals surface area contributed by atoms with Crippen molar-refractivity contribution in [1.29, 1.82) is 0 Å². The number of aromatic nitrogens is 2. The molecule has 0 spiro atoms. The average Bonchev–Trinajstić information content (AvgIpc) is 3.14. The minimum atomic E-state index is -3.80. The molecule has 1 aromatic carbocycles. The molecule has 27 heavy (non-hydrogen) atoms. The summed E-state index contributed by atoms with van der Waals surface area (Å²) in [5, 5.41) is 6.83. The molecule has 146 valence electrons. The summed E-state index contributed by atoms with van der Waals surface area (Å²) in [6.45, 7) is 5.25. The zero-order valence-electron chi connectivity index (χ0n) is 15.5. The van der Waals surface area contributed by atoms with Gasteiger partial charge in [0, 0.05) is 43.0 Å². The van der Waals surface area contributed by atoms with Crippen LogP contribution in [0, 0.1) is 0 Å². The number of hydrogen-bond donors (Lipinski definition) is 1. The van der Waals surface area contributed by atoms with E-state index < -0.39 is 15.9 Å². The monoisotopic (exact) mass is 408 g/mol. The van der Waals surface area contributed by atoms with Gasteiger partial charge in [-0.1, -0.05) is 19.1 Å². The number of amides is 1. The van der Waals surface area contributed by atoms with E-state index in [2.05, 4.69) is 10.4 Å². The van der Waals surface area contributed by atoms with Gasteiger partial charge in [-0.25, -0.2) is 8.42 Å². The first kappa shape index (κ1) is 19.9. The molecular weight excluding hydrogens is 384 g/mol. The van der Waals surface area contributed by atoms with Crippen molar-refractivity contribution in [3.8, 4) is 0 Å². The summed E-state index contributed by atoms with van der Waals surface area (Å²) in [6, 6.07) is 7.53. The fourth-order valence-corrected chi connectivity index (χ4v) is 5.56. The summed E-state index contributed by atoms with van der Waals surface area (Å²) < 4.78 is 29.0. The maximum atomic E-state index is 13.1. The molecule has 0 unspecified atom stereocenters. The van der Waals surface area contributed by atoms with E-state index in [9.17, 15) is 13.2 Å². The second kappa shape index (κ2) is 8.45. The van der Waals surface area contributed by atoms with Gasteiger partial charge in [0.2, 0.25) is 5.03 Å². The molecule has 0 bridgehead atoms. The molecular formula is C18H24N4O3S2. The second-order valence-electron chi connectivity index (χ2n) is 6.23. The van der Waals surface area contributed by atoms with E-state index in [-0.39, 0.29) is 10.6 Å². The van der Waals surface area contributed by atoms with E-state index in [1.165, 1.54) is 15.2 Å². The Kier molecular flexibility index (Phi) is 6.23. The summed E-state index contributed by atoms with van der Waals surface area (Å²) >= 11 is 1.72. The highest BCUT2D eigenvalue weighted by Gasteiger charge is 2.33. The number of carbonyl (C=O) groups excluding carboxylic acids is 1. The maximum absolute atomic E-state index is 13.1. The van der Waals surface area contributed by atoms with E-state index in [0.29, 0.717) is 25.3 Å². The highest BCUT2D eigenvalue weighted by atomic mass is 32.2. The van der Waals surface area contributed by atoms with Gasteiger partial charge in [0.05, 0.1) is 5.56 Å². The lowest BCUT2D eigenvalue weighted by Crippen LogP contribution is -2.38. The van der Waals surface area contributed by atoms with Gasteiger partial charge in [0.25, 0.3) is 15.9 Å². The van der Waals surface area contributed by atoms with Gasteiger partial charge in [-0.05, 0) is 31.0 Å². The van der Waals surface area contributed by atoms with Crippen LogP contribution in [0.25, 0.3) is 0 Å². The lowest BCUT2D eigenvalue weighted by Gasteiger charge is -2.24. The minimum Gasteiger partial charge on any atom is -0.322 e. The van der Waals surface area contributed by atoms with E-state index in [0.717, 1.165) is 23.5 Å². The first-order valence-corrected chi connectivity index (χ1v) is 11.6. The van der Waals surface area contributed by atoms with E-state index in [1.807, 2.05) is 32.0 Å². The van der Waals surface area contributed by atoms with Crippen molar-refractivity contribution in [3.63, 3.8) is 0 Å². The van der Waals surface area contributed by atoms with Crippen LogP contribution in [0.4, 0.5) is 5.69 Å². The summed E-state index contributed by atoms with van der Waals surface area (Å²) in [6.07, 6.45) is 2.36. The molecule has 7 nitrogen and oxygen atoms in total. The summed E-state index contributed by atoms with van der Waals surface area (Å²) in [7, 11) is -3.80. The molecule has 2 heterocycles. The van der Waals surface area contributed by atoms with Crippen LogP contribution >= 0.6 is 11.8 Å². The lowest BCUT2D eigenvalue weighted by atomic mass is 10.1. The molecule has 1 saturated heterocycles. The third kappa shape index (κ3) is 4.36. The highest BCUT2D eigenvalue weighted by Crippen LogP contribution is 2.23. The van der Waals surface area contributed by atoms with Crippen molar-refractivity contribution < 1.29 is 13.2 Å². The Balaban J connectivity index is 1.92. The summed E-state index contributed by atoms with van der Waals surface area (Å²) in [5.74, 6) is 1.03. The molecule has 0 radical (unpaired) electrons. The van der Waals surface area contributed by atoms with Crippen molar-refractivity contribution in [2.24, 2.45) is 0 Å². The van der Waals surface area contributed by atoms with Gasteiger partial charge >= 0.3 is 0 Å². The molecule has 9 heteroatoms. The Morgan fingerprint density at radius 1 is 1.26 bits per heavy atom. The fourth-order valence-electron chi connectivity index (χ4n) is 2.89. The van der Waals surface area contributed by atoms with Crippen LogP contribution in [0.1, 0.15) is 29.8 Å². The van der Waals surface area contributed by atoms with Crippen molar-refractivity contribution in [2.75, 3.05) is 29.9 Å². The molecule has 1 fully saturated rings. The molecule has 0 aliphatic carbocycles. The van der Waals surface area contributed by atoms with Gasteiger partial charge in [-0.15, -0.1) is 0 Å². The van der Waals surface area contributed by atoms with Crippen LogP contribution in [0.2, 0.25) is 0 Å². The van der Waals surface area contributed by atoms with Crippen molar-refractivity contribution >= 4 is 33.4 Å². The third-order valence-corrected chi connectivity index (χ3v) is 7.22. The molecule has 3 rings (SSSR count). The molecule has 0 atom stereocenters. The first-order chi connectivity index (χ1) is 13.0. The summed E-state index contributed by atoms with van der Waals surface area (Å²) in [4.78, 5) is 12.8. The SMILES string of the molecule is CCc1cccc(NC(=O)c2cn(CC)nc2S(=O)(=O)N2CCSCC2)c1. The number of aryl methyl sites for hydroxylation is 2. The van der Waals surface area contributed by atoms with E-state index >= 15 is 0 Å². The smallest absolute Gasteiger partial charge is 0.263 e. The first-order valence-electron chi connectivity index (χ1n) is 9.01. The molecule has 1 aliphatic rings. The van der Waals surface area contributed by atoms with Crippen molar-refractivity contribution in [3.05, 3.63) is 41.6 Å². The molecule has 1 aliphatic heterocycles. The quantitative estimate of drug-likeness (QED) is 0.794. The van der Waals surface area contributed by atoms with Crippen LogP contribution in [0.15, 0.2) is 35.5 Å². The largest absolute Gasteiger partial charge is 0.322 e. The predicted molar refractivity (Wildman–Crippen MR) is 108 cm³/mol. The van der Waals surface area contributed by atoms with Crippen molar-refractivity contribution in [2.45, 2.75) is 31.8 Å². The number of sulfonamides is 1. The number of rotatable bonds is 6. The number of hydrogen-bond acceptors (Lipinski definition) is 5. The molecule has 2 aromatic rings. The number of nitrogens with zero attached hydrogens (tertiary/aromatic N) is 3. The van der Waals surface area contributed by atoms with Crippen LogP contribution in [0.5, 0.6) is 0 Å². The van der Waals surface area contributed by atoms with Crippen LogP contribution in [0.3, 0.4) is 0 Å². The van der Waals surface area contributed by atoms with Gasteiger partial charge in [-0.2, -0.15) is 21.2 Å². The number of carbonyl (C=O) groups is 1. The Morgan fingerprint density at radius 3 is 2.67 bits per heavy atom. The highest BCUT2D eigenvalue weighted by molar-refractivity contribution is 7.99. The van der Waals surface area contributed by atoms with Gasteiger partial charge in [-0.3, -0.25) is 9.48 Å². The zero-order chi connectivity index (χ0) is 19.4. The summed E-state index contributed by atoms with van der Waals surface area (Å²) in [5.41, 5.74) is 1.81. The lowest BCUT2D eigenvalue weighted by molar-refractivity contribution is 0.102. The van der Waals surface area contributed by atoms with Crippen LogP contribution in [-0.4, -0.2) is 53.0 Å². The third-order valence-electron chi connectivity index (χ3n) is 4.44. The molecule has 1 aromatic heterocycles. The topological polar surface area (TPSA) is 84.3 Å².